The minimum atomic E-state index is -3.63. The van der Waals surface area contributed by atoms with Gasteiger partial charge in [-0.05, 0) is 25.1 Å². The summed E-state index contributed by atoms with van der Waals surface area (Å²) in [5.41, 5.74) is 0.810. The van der Waals surface area contributed by atoms with E-state index in [2.05, 4.69) is 10.6 Å². The summed E-state index contributed by atoms with van der Waals surface area (Å²) >= 11 is 0. The molecule has 0 aliphatic carbocycles. The van der Waals surface area contributed by atoms with Gasteiger partial charge < -0.3 is 15.4 Å². The summed E-state index contributed by atoms with van der Waals surface area (Å²) in [6, 6.07) is 6.33. The quantitative estimate of drug-likeness (QED) is 0.383. The van der Waals surface area contributed by atoms with Gasteiger partial charge >= 0.3 is 5.97 Å². The molecule has 0 bridgehead atoms. The molecule has 0 amide bonds. The summed E-state index contributed by atoms with van der Waals surface area (Å²) in [4.78, 5) is 11.8. The first-order valence-corrected chi connectivity index (χ1v) is 9.65. The second-order valence-electron chi connectivity index (χ2n) is 5.08. The largest absolute Gasteiger partial charge is 0.462 e. The van der Waals surface area contributed by atoms with Crippen LogP contribution in [-0.4, -0.2) is 45.4 Å². The molecule has 1 aromatic rings. The molecule has 26 heavy (non-hydrogen) atoms. The first kappa shape index (κ1) is 21.5. The van der Waals surface area contributed by atoms with Crippen LogP contribution in [0.4, 0.5) is 11.4 Å². The van der Waals surface area contributed by atoms with E-state index in [0.29, 0.717) is 24.5 Å². The minimum Gasteiger partial charge on any atom is -0.462 e. The zero-order valence-corrected chi connectivity index (χ0v) is 16.2. The Morgan fingerprint density at radius 1 is 1.27 bits per heavy atom. The SMILES string of the molecule is CCOC(=O)/C(C#N)=C/Nc1cc(S(=O)(=O)N(CC)CC)ccc1NC. The van der Waals surface area contributed by atoms with Crippen LogP contribution in [-0.2, 0) is 19.6 Å². The molecule has 0 radical (unpaired) electrons. The second kappa shape index (κ2) is 9.79. The molecule has 0 atom stereocenters. The minimum absolute atomic E-state index is 0.116. The van der Waals surface area contributed by atoms with Gasteiger partial charge in [-0.2, -0.15) is 9.57 Å². The number of ether oxygens (including phenoxy) is 1. The molecular formula is C17H24N4O4S. The Morgan fingerprint density at radius 2 is 1.92 bits per heavy atom. The maximum atomic E-state index is 12.7. The lowest BCUT2D eigenvalue weighted by Crippen LogP contribution is -2.30. The molecule has 0 heterocycles. The van der Waals surface area contributed by atoms with E-state index in [1.165, 1.54) is 22.6 Å². The van der Waals surface area contributed by atoms with Crippen LogP contribution < -0.4 is 10.6 Å². The highest BCUT2D eigenvalue weighted by Crippen LogP contribution is 2.27. The second-order valence-corrected chi connectivity index (χ2v) is 7.02. The van der Waals surface area contributed by atoms with Crippen LogP contribution in [0.2, 0.25) is 0 Å². The molecule has 1 rings (SSSR count). The van der Waals surface area contributed by atoms with Crippen molar-refractivity contribution in [2.45, 2.75) is 25.7 Å². The van der Waals surface area contributed by atoms with Crippen molar-refractivity contribution in [2.75, 3.05) is 37.4 Å². The van der Waals surface area contributed by atoms with Crippen molar-refractivity contribution in [3.8, 4) is 6.07 Å². The number of carbonyl (C=O) groups is 1. The van der Waals surface area contributed by atoms with Crippen molar-refractivity contribution in [3.05, 3.63) is 30.0 Å². The van der Waals surface area contributed by atoms with Crippen molar-refractivity contribution in [1.82, 2.24) is 4.31 Å². The van der Waals surface area contributed by atoms with E-state index in [1.54, 1.807) is 40.0 Å². The molecular weight excluding hydrogens is 356 g/mol. The third-order valence-electron chi connectivity index (χ3n) is 3.59. The van der Waals surface area contributed by atoms with Crippen LogP contribution in [0.3, 0.4) is 0 Å². The number of sulfonamides is 1. The van der Waals surface area contributed by atoms with Gasteiger partial charge in [-0.1, -0.05) is 13.8 Å². The first-order chi connectivity index (χ1) is 12.3. The molecule has 1 aromatic carbocycles. The number of nitrogens with zero attached hydrogens (tertiary/aromatic N) is 2. The van der Waals surface area contributed by atoms with Gasteiger partial charge in [0.15, 0.2) is 5.57 Å². The van der Waals surface area contributed by atoms with Crippen LogP contribution >= 0.6 is 0 Å². The molecule has 0 fully saturated rings. The fourth-order valence-electron chi connectivity index (χ4n) is 2.23. The molecule has 0 spiro atoms. The molecule has 0 aromatic heterocycles. The summed E-state index contributed by atoms with van der Waals surface area (Å²) in [6.45, 7) is 6.04. The van der Waals surface area contributed by atoms with Gasteiger partial charge in [-0.25, -0.2) is 13.2 Å². The predicted octanol–water partition coefficient (Wildman–Crippen LogP) is 2.14. The maximum absolute atomic E-state index is 12.7. The molecule has 0 saturated carbocycles. The Kier molecular flexibility index (Phi) is 8.09. The van der Waals surface area contributed by atoms with Crippen molar-refractivity contribution in [2.24, 2.45) is 0 Å². The Bertz CT molecular complexity index is 809. The maximum Gasteiger partial charge on any atom is 0.350 e. The number of hydrogen-bond acceptors (Lipinski definition) is 7. The van der Waals surface area contributed by atoms with Crippen LogP contribution in [0, 0.1) is 11.3 Å². The molecule has 0 aliphatic rings. The summed E-state index contributed by atoms with van der Waals surface area (Å²) in [6.07, 6.45) is 1.20. The van der Waals surface area contributed by atoms with Crippen LogP contribution in [0.1, 0.15) is 20.8 Å². The predicted molar refractivity (Wildman–Crippen MR) is 100 cm³/mol. The van der Waals surface area contributed by atoms with E-state index in [4.69, 9.17) is 10.00 Å². The molecule has 0 aliphatic heterocycles. The summed E-state index contributed by atoms with van der Waals surface area (Å²) < 4.78 is 31.5. The fourth-order valence-corrected chi connectivity index (χ4v) is 3.71. The van der Waals surface area contributed by atoms with Gasteiger partial charge in [0.05, 0.1) is 22.9 Å². The van der Waals surface area contributed by atoms with Gasteiger partial charge in [-0.15, -0.1) is 0 Å². The van der Waals surface area contributed by atoms with Crippen LogP contribution in [0.15, 0.2) is 34.9 Å². The summed E-state index contributed by atoms with van der Waals surface area (Å²) in [5.74, 6) is -0.750. The van der Waals surface area contributed by atoms with E-state index >= 15 is 0 Å². The van der Waals surface area contributed by atoms with Crippen molar-refractivity contribution in [3.63, 3.8) is 0 Å². The van der Waals surface area contributed by atoms with E-state index in [-0.39, 0.29) is 17.1 Å². The number of anilines is 2. The van der Waals surface area contributed by atoms with Gasteiger partial charge in [0.25, 0.3) is 0 Å². The highest BCUT2D eigenvalue weighted by molar-refractivity contribution is 7.89. The average Bonchev–Trinajstić information content (AvgIpc) is 2.63. The monoisotopic (exact) mass is 380 g/mol. The number of nitrogens with one attached hydrogen (secondary N) is 2. The van der Waals surface area contributed by atoms with E-state index in [0.717, 1.165) is 0 Å². The highest BCUT2D eigenvalue weighted by Gasteiger charge is 2.22. The number of carbonyl (C=O) groups excluding carboxylic acids is 1. The lowest BCUT2D eigenvalue weighted by Gasteiger charge is -2.19. The number of nitriles is 1. The van der Waals surface area contributed by atoms with Crippen LogP contribution in [0.5, 0.6) is 0 Å². The molecule has 0 saturated heterocycles. The Morgan fingerprint density at radius 3 is 2.42 bits per heavy atom. The standard InChI is InChI=1S/C17H24N4O4S/c1-5-21(6-2)26(23,24)14-8-9-15(19-4)16(10-14)20-12-13(11-18)17(22)25-7-3/h8-10,12,19-20H,5-7H2,1-4H3/b13-12+. The van der Waals surface area contributed by atoms with Crippen molar-refractivity contribution >= 4 is 27.4 Å². The number of benzene rings is 1. The Balaban J connectivity index is 3.27. The topological polar surface area (TPSA) is 112 Å². The molecule has 2 N–H and O–H groups in total. The van der Waals surface area contributed by atoms with Gasteiger partial charge in [-0.3, -0.25) is 0 Å². The molecule has 142 valence electrons. The Labute approximate surface area is 154 Å². The zero-order valence-electron chi connectivity index (χ0n) is 15.4. The fraction of sp³-hybridized carbons (Fsp3) is 0.412. The normalized spacial score (nSPS) is 11.8. The average molecular weight is 380 g/mol. The first-order valence-electron chi connectivity index (χ1n) is 8.21. The van der Waals surface area contributed by atoms with Gasteiger partial charge in [0.2, 0.25) is 10.0 Å². The zero-order chi connectivity index (χ0) is 19.7. The number of esters is 1. The van der Waals surface area contributed by atoms with Crippen LogP contribution in [0.25, 0.3) is 0 Å². The summed E-state index contributed by atoms with van der Waals surface area (Å²) in [5, 5.41) is 14.8. The number of rotatable bonds is 9. The molecule has 0 unspecified atom stereocenters. The van der Waals surface area contributed by atoms with E-state index in [1.807, 2.05) is 0 Å². The molecule has 9 heteroatoms. The third-order valence-corrected chi connectivity index (χ3v) is 5.64. The van der Waals surface area contributed by atoms with E-state index in [9.17, 15) is 13.2 Å². The van der Waals surface area contributed by atoms with E-state index < -0.39 is 16.0 Å². The highest BCUT2D eigenvalue weighted by atomic mass is 32.2. The third kappa shape index (κ3) is 4.97. The summed E-state index contributed by atoms with van der Waals surface area (Å²) in [7, 11) is -1.95. The van der Waals surface area contributed by atoms with Gasteiger partial charge in [0.1, 0.15) is 6.07 Å². The smallest absolute Gasteiger partial charge is 0.350 e. The lowest BCUT2D eigenvalue weighted by molar-refractivity contribution is -0.138. The van der Waals surface area contributed by atoms with Crippen molar-refractivity contribution in [1.29, 1.82) is 5.26 Å². The van der Waals surface area contributed by atoms with Crippen molar-refractivity contribution < 1.29 is 17.9 Å². The lowest BCUT2D eigenvalue weighted by atomic mass is 10.2. The Hall–Kier alpha value is -2.57. The number of hydrogen-bond donors (Lipinski definition) is 2. The van der Waals surface area contributed by atoms with Gasteiger partial charge in [0, 0.05) is 26.3 Å². The molecule has 8 nitrogen and oxygen atoms in total.